The largest absolute Gasteiger partial charge is 0.497 e. The van der Waals surface area contributed by atoms with Crippen LogP contribution in [0.1, 0.15) is 50.2 Å². The smallest absolute Gasteiger partial charge is 0.253 e. The summed E-state index contributed by atoms with van der Waals surface area (Å²) in [4.78, 5) is 27.7. The normalized spacial score (nSPS) is 14.3. The minimum absolute atomic E-state index is 0.110. The maximum absolute atomic E-state index is 13.8. The van der Waals surface area contributed by atoms with Gasteiger partial charge >= 0.3 is 0 Å². The SMILES string of the molecule is COc1ccc(C(=O)NCc2nnc(SCC(=O)N3N=C(c4cccs4)CC3c3ccc(C)cc3)n2Cc2ccccc2)cc1. The summed E-state index contributed by atoms with van der Waals surface area (Å²) in [7, 11) is 1.58. The van der Waals surface area contributed by atoms with Gasteiger partial charge in [0.2, 0.25) is 0 Å². The predicted octanol–water partition coefficient (Wildman–Crippen LogP) is 6.10. The molecule has 0 bridgehead atoms. The van der Waals surface area contributed by atoms with E-state index in [9.17, 15) is 9.59 Å². The van der Waals surface area contributed by atoms with Gasteiger partial charge in [-0.25, -0.2) is 5.01 Å². The summed E-state index contributed by atoms with van der Waals surface area (Å²) in [5.74, 6) is 1.06. The molecule has 0 spiro atoms. The van der Waals surface area contributed by atoms with E-state index in [4.69, 9.17) is 9.84 Å². The number of aryl methyl sites for hydroxylation is 1. The lowest BCUT2D eigenvalue weighted by atomic mass is 10.00. The van der Waals surface area contributed by atoms with Crippen LogP contribution < -0.4 is 10.1 Å². The Kier molecular flexibility index (Phi) is 9.37. The first-order valence-corrected chi connectivity index (χ1v) is 16.4. The van der Waals surface area contributed by atoms with Crippen LogP contribution in [0.4, 0.5) is 0 Å². The molecule has 2 aromatic heterocycles. The Bertz CT molecular complexity index is 1790. The lowest BCUT2D eigenvalue weighted by Gasteiger charge is -2.22. The average Bonchev–Trinajstić information content (AvgIpc) is 3.84. The second-order valence-electron chi connectivity index (χ2n) is 10.6. The molecular formula is C34H32N6O3S2. The molecule has 5 aromatic rings. The molecule has 3 aromatic carbocycles. The van der Waals surface area contributed by atoms with E-state index >= 15 is 0 Å². The minimum atomic E-state index is -0.230. The number of rotatable bonds is 11. The van der Waals surface area contributed by atoms with Gasteiger partial charge in [0.15, 0.2) is 11.0 Å². The van der Waals surface area contributed by atoms with Crippen molar-refractivity contribution in [1.29, 1.82) is 0 Å². The van der Waals surface area contributed by atoms with Gasteiger partial charge < -0.3 is 14.6 Å². The van der Waals surface area contributed by atoms with Crippen LogP contribution in [-0.4, -0.2) is 50.2 Å². The van der Waals surface area contributed by atoms with Gasteiger partial charge in [0.25, 0.3) is 11.8 Å². The van der Waals surface area contributed by atoms with E-state index in [1.54, 1.807) is 47.7 Å². The summed E-state index contributed by atoms with van der Waals surface area (Å²) < 4.78 is 7.14. The van der Waals surface area contributed by atoms with Crippen LogP contribution >= 0.6 is 23.1 Å². The Balaban J connectivity index is 1.20. The third-order valence-electron chi connectivity index (χ3n) is 7.49. The van der Waals surface area contributed by atoms with Crippen LogP contribution in [0.2, 0.25) is 0 Å². The number of hydrogen-bond acceptors (Lipinski definition) is 8. The highest BCUT2D eigenvalue weighted by Crippen LogP contribution is 2.35. The summed E-state index contributed by atoms with van der Waals surface area (Å²) in [6.07, 6.45) is 0.655. The van der Waals surface area contributed by atoms with Gasteiger partial charge in [0, 0.05) is 12.0 Å². The number of aromatic nitrogens is 3. The third-order valence-corrected chi connectivity index (χ3v) is 9.36. The lowest BCUT2D eigenvalue weighted by molar-refractivity contribution is -0.130. The molecular weight excluding hydrogens is 605 g/mol. The van der Waals surface area contributed by atoms with Crippen molar-refractivity contribution >= 4 is 40.6 Å². The number of benzene rings is 3. The Morgan fingerprint density at radius 2 is 1.76 bits per heavy atom. The number of carbonyl (C=O) groups excluding carboxylic acids is 2. The number of methoxy groups -OCH3 is 1. The molecule has 0 saturated carbocycles. The first-order valence-electron chi connectivity index (χ1n) is 14.5. The highest BCUT2D eigenvalue weighted by Gasteiger charge is 2.33. The zero-order valence-corrected chi connectivity index (χ0v) is 26.6. The van der Waals surface area contributed by atoms with Crippen LogP contribution in [0, 0.1) is 6.92 Å². The molecule has 9 nitrogen and oxygen atoms in total. The molecule has 0 radical (unpaired) electrons. The van der Waals surface area contributed by atoms with E-state index in [2.05, 4.69) is 46.7 Å². The van der Waals surface area contributed by atoms with E-state index in [0.29, 0.717) is 35.3 Å². The van der Waals surface area contributed by atoms with Crippen molar-refractivity contribution in [2.75, 3.05) is 12.9 Å². The van der Waals surface area contributed by atoms with Crippen molar-refractivity contribution in [2.45, 2.75) is 37.6 Å². The molecule has 3 heterocycles. The zero-order valence-electron chi connectivity index (χ0n) is 24.9. The van der Waals surface area contributed by atoms with Crippen molar-refractivity contribution in [2.24, 2.45) is 5.10 Å². The Labute approximate surface area is 270 Å². The summed E-state index contributed by atoms with van der Waals surface area (Å²) in [5.41, 5.74) is 4.70. The third kappa shape index (κ3) is 7.16. The maximum Gasteiger partial charge on any atom is 0.253 e. The van der Waals surface area contributed by atoms with E-state index in [-0.39, 0.29) is 30.2 Å². The van der Waals surface area contributed by atoms with Gasteiger partial charge in [-0.1, -0.05) is 78.0 Å². The van der Waals surface area contributed by atoms with Gasteiger partial charge in [0.1, 0.15) is 5.75 Å². The van der Waals surface area contributed by atoms with Crippen LogP contribution in [0.5, 0.6) is 5.75 Å². The summed E-state index contributed by atoms with van der Waals surface area (Å²) in [6, 6.07) is 29.0. The fourth-order valence-electron chi connectivity index (χ4n) is 5.06. The highest BCUT2D eigenvalue weighted by molar-refractivity contribution is 7.99. The standard InChI is InChI=1S/C34H32N6O3S2/c1-23-10-12-25(13-11-23)29-19-28(30-9-6-18-44-30)38-40(29)32(41)22-45-34-37-36-31(39(34)21-24-7-4-3-5-8-24)20-35-33(42)26-14-16-27(43-2)17-15-26/h3-18,29H,19-22H2,1-2H3,(H,35,42). The second kappa shape index (κ2) is 13.9. The number of thioether (sulfide) groups is 1. The zero-order chi connectivity index (χ0) is 31.2. The summed E-state index contributed by atoms with van der Waals surface area (Å²) in [5, 5.41) is 20.8. The van der Waals surface area contributed by atoms with Crippen molar-refractivity contribution in [3.8, 4) is 5.75 Å². The monoisotopic (exact) mass is 636 g/mol. The molecule has 0 aliphatic carbocycles. The number of carbonyl (C=O) groups is 2. The first kappa shape index (κ1) is 30.3. The van der Waals surface area contributed by atoms with Crippen LogP contribution in [0.15, 0.2) is 107 Å². The van der Waals surface area contributed by atoms with E-state index in [1.165, 1.54) is 17.3 Å². The average molecular weight is 637 g/mol. The molecule has 1 N–H and O–H groups in total. The van der Waals surface area contributed by atoms with Crippen molar-refractivity contribution in [1.82, 2.24) is 25.1 Å². The maximum atomic E-state index is 13.8. The Hall–Kier alpha value is -4.74. The molecule has 1 aliphatic rings. The molecule has 45 heavy (non-hydrogen) atoms. The summed E-state index contributed by atoms with van der Waals surface area (Å²) >= 11 is 2.95. The molecule has 0 fully saturated rings. The number of amides is 2. The number of nitrogens with one attached hydrogen (secondary N) is 1. The first-order chi connectivity index (χ1) is 22.0. The van der Waals surface area contributed by atoms with Crippen molar-refractivity contribution < 1.29 is 14.3 Å². The predicted molar refractivity (Wildman–Crippen MR) is 177 cm³/mol. The molecule has 1 aliphatic heterocycles. The summed E-state index contributed by atoms with van der Waals surface area (Å²) in [6.45, 7) is 2.72. The van der Waals surface area contributed by atoms with Crippen LogP contribution in [0.25, 0.3) is 0 Å². The molecule has 0 saturated heterocycles. The number of hydrazone groups is 1. The number of hydrogen-bond donors (Lipinski definition) is 1. The number of thiophene rings is 1. The van der Waals surface area contributed by atoms with Crippen molar-refractivity contribution in [3.63, 3.8) is 0 Å². The second-order valence-corrected chi connectivity index (χ2v) is 12.5. The van der Waals surface area contributed by atoms with Crippen LogP contribution in [0.3, 0.4) is 0 Å². The lowest BCUT2D eigenvalue weighted by Crippen LogP contribution is -2.28. The quantitative estimate of drug-likeness (QED) is 0.176. The van der Waals surface area contributed by atoms with Crippen molar-refractivity contribution in [3.05, 3.63) is 129 Å². The Morgan fingerprint density at radius 3 is 2.47 bits per heavy atom. The number of ether oxygens (including phenoxy) is 1. The van der Waals surface area contributed by atoms with Gasteiger partial charge in [-0.3, -0.25) is 9.59 Å². The number of nitrogens with zero attached hydrogens (tertiary/aromatic N) is 5. The highest BCUT2D eigenvalue weighted by atomic mass is 32.2. The molecule has 6 rings (SSSR count). The topological polar surface area (TPSA) is 102 Å². The Morgan fingerprint density at radius 1 is 0.978 bits per heavy atom. The molecule has 2 amide bonds. The van der Waals surface area contributed by atoms with Gasteiger partial charge in [-0.2, -0.15) is 5.10 Å². The van der Waals surface area contributed by atoms with Gasteiger partial charge in [0.05, 0.1) is 42.6 Å². The molecule has 1 unspecified atom stereocenters. The minimum Gasteiger partial charge on any atom is -0.497 e. The fourth-order valence-corrected chi connectivity index (χ4v) is 6.59. The molecule has 11 heteroatoms. The van der Waals surface area contributed by atoms with Crippen LogP contribution in [-0.2, 0) is 17.9 Å². The van der Waals surface area contributed by atoms with Gasteiger partial charge in [-0.05, 0) is 53.8 Å². The van der Waals surface area contributed by atoms with Gasteiger partial charge in [-0.15, -0.1) is 21.5 Å². The van der Waals surface area contributed by atoms with E-state index in [1.807, 2.05) is 52.4 Å². The molecule has 1 atom stereocenters. The fraction of sp³-hybridized carbons (Fsp3) is 0.206. The molecule has 228 valence electrons. The van der Waals surface area contributed by atoms with E-state index in [0.717, 1.165) is 21.7 Å². The van der Waals surface area contributed by atoms with E-state index < -0.39 is 0 Å².